The van der Waals surface area contributed by atoms with Crippen LogP contribution in [0.5, 0.6) is 0 Å². The van der Waals surface area contributed by atoms with Crippen molar-refractivity contribution in [1.82, 2.24) is 0 Å². The number of hydrogen-bond acceptors (Lipinski definition) is 4. The number of rotatable bonds is 7. The van der Waals surface area contributed by atoms with Crippen molar-refractivity contribution in [2.75, 3.05) is 0 Å². The van der Waals surface area contributed by atoms with E-state index in [-0.39, 0.29) is 35.9 Å². The zero-order valence-corrected chi connectivity index (χ0v) is 17.7. The largest absolute Gasteiger partial charge is 0.510 e. The molecule has 28 heavy (non-hydrogen) atoms. The molecule has 0 aromatic carbocycles. The van der Waals surface area contributed by atoms with Crippen LogP contribution in [0.4, 0.5) is 0 Å². The molecular formula is C24H32O4. The smallest absolute Gasteiger partial charge is 0.183 e. The van der Waals surface area contributed by atoms with E-state index in [4.69, 9.17) is 0 Å². The number of carbonyl (C=O) groups excluding carboxylic acids is 3. The Bertz CT molecular complexity index is 806. The van der Waals surface area contributed by atoms with Crippen LogP contribution in [0, 0.1) is 22.2 Å². The summed E-state index contributed by atoms with van der Waals surface area (Å²) >= 11 is 0. The van der Waals surface area contributed by atoms with Gasteiger partial charge in [-0.3, -0.25) is 14.4 Å². The summed E-state index contributed by atoms with van der Waals surface area (Å²) in [4.78, 5) is 39.6. The van der Waals surface area contributed by atoms with Gasteiger partial charge in [-0.05, 0) is 57.8 Å². The first kappa shape index (κ1) is 22.1. The minimum Gasteiger partial charge on any atom is -0.510 e. The lowest BCUT2D eigenvalue weighted by Gasteiger charge is -2.60. The van der Waals surface area contributed by atoms with Crippen LogP contribution in [0.2, 0.25) is 0 Å². The van der Waals surface area contributed by atoms with Crippen LogP contribution in [0.3, 0.4) is 0 Å². The van der Waals surface area contributed by atoms with Gasteiger partial charge in [-0.25, -0.2) is 0 Å². The van der Waals surface area contributed by atoms with Crippen LogP contribution in [0.1, 0.15) is 60.3 Å². The topological polar surface area (TPSA) is 71.4 Å². The molecule has 4 heteroatoms. The molecule has 152 valence electrons. The number of fused-ring (bicyclic) bond motifs is 2. The number of aliphatic hydroxyl groups excluding tert-OH is 1. The van der Waals surface area contributed by atoms with Crippen LogP contribution in [-0.4, -0.2) is 22.5 Å². The van der Waals surface area contributed by atoms with Gasteiger partial charge in [0.1, 0.15) is 5.76 Å². The number of hydrogen-bond donors (Lipinski definition) is 1. The molecule has 1 N–H and O–H groups in total. The highest BCUT2D eigenvalue weighted by atomic mass is 16.3. The van der Waals surface area contributed by atoms with Crippen molar-refractivity contribution in [2.24, 2.45) is 22.2 Å². The standard InChI is InChI=1S/C24H32O4/c1-8-12-23-14-17(11-10-15(3)4)22(6,7)24(13-9-2,21(23)28)20(27)18(16(5)25)19(23)26/h8-10,17,27H,1-2,11-14H2,3-7H3/t17-,23-,24+/m1/s1. The molecule has 3 atom stereocenters. The average molecular weight is 385 g/mol. The molecule has 1 fully saturated rings. The quantitative estimate of drug-likeness (QED) is 0.378. The fourth-order valence-corrected chi connectivity index (χ4v) is 5.25. The molecule has 0 aromatic heterocycles. The van der Waals surface area contributed by atoms with Crippen molar-refractivity contribution >= 4 is 17.3 Å². The van der Waals surface area contributed by atoms with Gasteiger partial charge < -0.3 is 5.11 Å². The minimum atomic E-state index is -1.35. The molecule has 2 aliphatic carbocycles. The van der Waals surface area contributed by atoms with Gasteiger partial charge in [-0.1, -0.05) is 37.6 Å². The number of allylic oxidation sites excluding steroid dienone is 6. The third kappa shape index (κ3) is 2.76. The molecule has 2 bridgehead atoms. The summed E-state index contributed by atoms with van der Waals surface area (Å²) in [7, 11) is 0. The van der Waals surface area contributed by atoms with E-state index in [9.17, 15) is 19.5 Å². The van der Waals surface area contributed by atoms with Crippen LogP contribution < -0.4 is 0 Å². The molecule has 1 saturated carbocycles. The highest BCUT2D eigenvalue weighted by Gasteiger charge is 2.71. The van der Waals surface area contributed by atoms with E-state index in [1.54, 1.807) is 12.2 Å². The Balaban J connectivity index is 2.92. The fraction of sp³-hybridized carbons (Fsp3) is 0.542. The summed E-state index contributed by atoms with van der Waals surface area (Å²) in [5.74, 6) is -1.76. The maximum absolute atomic E-state index is 13.9. The zero-order valence-electron chi connectivity index (χ0n) is 17.7. The summed E-state index contributed by atoms with van der Waals surface area (Å²) in [6, 6.07) is 0. The van der Waals surface area contributed by atoms with Crippen molar-refractivity contribution < 1.29 is 19.5 Å². The lowest BCUT2D eigenvalue weighted by atomic mass is 9.40. The Kier molecular flexibility index (Phi) is 5.76. The molecule has 0 aliphatic heterocycles. The van der Waals surface area contributed by atoms with Crippen LogP contribution >= 0.6 is 0 Å². The third-order valence-corrected chi connectivity index (χ3v) is 6.95. The number of Topliss-reactive ketones (excluding diaryl/α,β-unsaturated/α-hetero) is 3. The lowest BCUT2D eigenvalue weighted by Crippen LogP contribution is -2.66. The Morgan fingerprint density at radius 3 is 2.18 bits per heavy atom. The highest BCUT2D eigenvalue weighted by Crippen LogP contribution is 2.66. The fourth-order valence-electron chi connectivity index (χ4n) is 5.25. The molecule has 0 radical (unpaired) electrons. The minimum absolute atomic E-state index is 0.0281. The van der Waals surface area contributed by atoms with E-state index in [0.29, 0.717) is 12.8 Å². The number of carbonyl (C=O) groups is 3. The van der Waals surface area contributed by atoms with Crippen LogP contribution in [-0.2, 0) is 14.4 Å². The van der Waals surface area contributed by atoms with E-state index >= 15 is 0 Å². The second-order valence-electron chi connectivity index (χ2n) is 9.05. The average Bonchev–Trinajstić information content (AvgIpc) is 2.58. The molecule has 0 aromatic rings. The summed E-state index contributed by atoms with van der Waals surface area (Å²) in [5, 5.41) is 11.2. The highest BCUT2D eigenvalue weighted by molar-refractivity contribution is 6.31. The van der Waals surface area contributed by atoms with Gasteiger partial charge in [0.15, 0.2) is 17.3 Å². The Morgan fingerprint density at radius 1 is 1.14 bits per heavy atom. The molecule has 2 rings (SSSR count). The molecule has 0 spiro atoms. The molecule has 0 heterocycles. The molecule has 0 unspecified atom stereocenters. The number of ketones is 3. The van der Waals surface area contributed by atoms with Crippen molar-refractivity contribution in [2.45, 2.75) is 60.3 Å². The van der Waals surface area contributed by atoms with E-state index < -0.39 is 27.8 Å². The summed E-state index contributed by atoms with van der Waals surface area (Å²) in [6.45, 7) is 16.8. The molecule has 0 saturated heterocycles. The first-order valence-electron chi connectivity index (χ1n) is 9.83. The third-order valence-electron chi connectivity index (χ3n) is 6.95. The van der Waals surface area contributed by atoms with Gasteiger partial charge in [0.05, 0.1) is 16.4 Å². The van der Waals surface area contributed by atoms with Crippen molar-refractivity contribution in [3.05, 3.63) is 48.3 Å². The Morgan fingerprint density at radius 2 is 1.71 bits per heavy atom. The maximum atomic E-state index is 13.9. The van der Waals surface area contributed by atoms with Crippen molar-refractivity contribution in [3.63, 3.8) is 0 Å². The normalized spacial score (nSPS) is 31.4. The summed E-state index contributed by atoms with van der Waals surface area (Å²) < 4.78 is 0. The van der Waals surface area contributed by atoms with Crippen molar-refractivity contribution in [3.8, 4) is 0 Å². The number of aliphatic hydroxyl groups is 1. The van der Waals surface area contributed by atoms with Crippen molar-refractivity contribution in [1.29, 1.82) is 0 Å². The molecule has 4 nitrogen and oxygen atoms in total. The summed E-state index contributed by atoms with van der Waals surface area (Å²) in [5.41, 5.74) is -2.43. The molecular weight excluding hydrogens is 352 g/mol. The van der Waals surface area contributed by atoms with Crippen LogP contribution in [0.15, 0.2) is 48.3 Å². The first-order chi connectivity index (χ1) is 12.9. The van der Waals surface area contributed by atoms with Gasteiger partial charge in [-0.2, -0.15) is 0 Å². The zero-order chi connectivity index (χ0) is 21.5. The molecule has 2 aliphatic rings. The Labute approximate surface area is 168 Å². The predicted octanol–water partition coefficient (Wildman–Crippen LogP) is 5.07. The Hall–Kier alpha value is -2.23. The van der Waals surface area contributed by atoms with Gasteiger partial charge in [-0.15, -0.1) is 13.2 Å². The molecule has 0 amide bonds. The summed E-state index contributed by atoms with van der Waals surface area (Å²) in [6.07, 6.45) is 6.66. The lowest BCUT2D eigenvalue weighted by molar-refractivity contribution is -0.169. The van der Waals surface area contributed by atoms with Gasteiger partial charge in [0.25, 0.3) is 0 Å². The van der Waals surface area contributed by atoms with Gasteiger partial charge in [0.2, 0.25) is 0 Å². The second-order valence-corrected chi connectivity index (χ2v) is 9.05. The van der Waals surface area contributed by atoms with E-state index in [2.05, 4.69) is 19.2 Å². The van der Waals surface area contributed by atoms with Gasteiger partial charge in [0, 0.05) is 0 Å². The second kappa shape index (κ2) is 7.31. The SMILES string of the molecule is C=CC[C@]12C[C@@H](CC=C(C)C)C(C)(C)[C@](CC=C)(C1=O)C(O)=C(C(C)=O)C2=O. The van der Waals surface area contributed by atoms with Crippen LogP contribution in [0.25, 0.3) is 0 Å². The predicted molar refractivity (Wildman–Crippen MR) is 111 cm³/mol. The van der Waals surface area contributed by atoms with E-state index in [1.807, 2.05) is 27.7 Å². The maximum Gasteiger partial charge on any atom is 0.183 e. The van der Waals surface area contributed by atoms with E-state index in [0.717, 1.165) is 5.57 Å². The first-order valence-corrected chi connectivity index (χ1v) is 9.83. The monoisotopic (exact) mass is 384 g/mol. The van der Waals surface area contributed by atoms with E-state index in [1.165, 1.54) is 6.92 Å². The van der Waals surface area contributed by atoms with Gasteiger partial charge >= 0.3 is 0 Å².